The Balaban J connectivity index is 1.94. The van der Waals surface area contributed by atoms with Crippen molar-refractivity contribution in [2.75, 3.05) is 18.9 Å². The van der Waals surface area contributed by atoms with E-state index in [1.165, 1.54) is 4.88 Å². The highest BCUT2D eigenvalue weighted by Gasteiger charge is 2.22. The number of aromatic nitrogens is 2. The van der Waals surface area contributed by atoms with E-state index in [2.05, 4.69) is 52.2 Å². The molecule has 0 spiro atoms. The van der Waals surface area contributed by atoms with E-state index < -0.39 is 0 Å². The highest BCUT2D eigenvalue weighted by atomic mass is 32.1. The van der Waals surface area contributed by atoms with Gasteiger partial charge in [0.1, 0.15) is 0 Å². The molecule has 0 unspecified atom stereocenters. The summed E-state index contributed by atoms with van der Waals surface area (Å²) in [5.41, 5.74) is 0.0474. The summed E-state index contributed by atoms with van der Waals surface area (Å²) in [4.78, 5) is 1.34. The monoisotopic (exact) mass is 266 g/mol. The van der Waals surface area contributed by atoms with Crippen LogP contribution in [0.2, 0.25) is 0 Å². The predicted octanol–water partition coefficient (Wildman–Crippen LogP) is 2.24. The van der Waals surface area contributed by atoms with Crippen LogP contribution in [-0.4, -0.2) is 23.8 Å². The van der Waals surface area contributed by atoms with Gasteiger partial charge >= 0.3 is 6.01 Å². The van der Waals surface area contributed by atoms with Gasteiger partial charge in [0.2, 0.25) is 5.89 Å². The van der Waals surface area contributed by atoms with Crippen molar-refractivity contribution in [3.8, 4) is 0 Å². The van der Waals surface area contributed by atoms with E-state index in [4.69, 9.17) is 4.42 Å². The van der Waals surface area contributed by atoms with Gasteiger partial charge in [-0.3, -0.25) is 0 Å². The summed E-state index contributed by atoms with van der Waals surface area (Å²) in [5, 5.41) is 16.1. The number of anilines is 1. The van der Waals surface area contributed by atoms with Gasteiger partial charge in [-0.15, -0.1) is 16.4 Å². The van der Waals surface area contributed by atoms with Crippen molar-refractivity contribution in [2.45, 2.75) is 25.8 Å². The van der Waals surface area contributed by atoms with Gasteiger partial charge in [-0.1, -0.05) is 25.0 Å². The minimum absolute atomic E-state index is 0.0474. The van der Waals surface area contributed by atoms with Crippen molar-refractivity contribution >= 4 is 17.4 Å². The molecule has 6 heteroatoms. The molecule has 0 saturated carbocycles. The Morgan fingerprint density at radius 3 is 2.89 bits per heavy atom. The first kappa shape index (κ1) is 13.0. The van der Waals surface area contributed by atoms with Crippen LogP contribution in [0.3, 0.4) is 0 Å². The first-order valence-electron chi connectivity index (χ1n) is 5.86. The van der Waals surface area contributed by atoms with Crippen LogP contribution < -0.4 is 10.6 Å². The molecular weight excluding hydrogens is 248 g/mol. The second-order valence-electron chi connectivity index (χ2n) is 4.75. The smallest absolute Gasteiger partial charge is 0.315 e. The molecule has 2 aromatic rings. The minimum atomic E-state index is 0.0474. The number of rotatable bonds is 6. The lowest BCUT2D eigenvalue weighted by Gasteiger charge is -2.22. The van der Waals surface area contributed by atoms with Crippen molar-refractivity contribution < 1.29 is 4.42 Å². The Bertz CT molecular complexity index is 478. The van der Waals surface area contributed by atoms with Gasteiger partial charge in [-0.2, -0.15) is 0 Å². The molecule has 0 radical (unpaired) electrons. The maximum absolute atomic E-state index is 5.44. The van der Waals surface area contributed by atoms with Gasteiger partial charge in [-0.05, 0) is 18.5 Å². The summed E-state index contributed by atoms with van der Waals surface area (Å²) in [5.74, 6) is 0.592. The number of hydrogen-bond acceptors (Lipinski definition) is 6. The molecule has 2 heterocycles. The van der Waals surface area contributed by atoms with Crippen molar-refractivity contribution in [3.63, 3.8) is 0 Å². The summed E-state index contributed by atoms with van der Waals surface area (Å²) in [7, 11) is 1.84. The Kier molecular flexibility index (Phi) is 3.98. The van der Waals surface area contributed by atoms with Gasteiger partial charge in [-0.25, -0.2) is 0 Å². The van der Waals surface area contributed by atoms with Crippen LogP contribution in [0.1, 0.15) is 24.6 Å². The van der Waals surface area contributed by atoms with E-state index in [0.29, 0.717) is 18.5 Å². The molecule has 0 aliphatic heterocycles. The van der Waals surface area contributed by atoms with E-state index in [9.17, 15) is 0 Å². The zero-order valence-electron chi connectivity index (χ0n) is 10.9. The maximum atomic E-state index is 5.44. The Labute approximate surface area is 111 Å². The Morgan fingerprint density at radius 2 is 2.22 bits per heavy atom. The van der Waals surface area contributed by atoms with Gasteiger partial charge < -0.3 is 15.1 Å². The van der Waals surface area contributed by atoms with E-state index >= 15 is 0 Å². The molecule has 5 nitrogen and oxygen atoms in total. The molecule has 0 aliphatic rings. The summed E-state index contributed by atoms with van der Waals surface area (Å²) in [6.45, 7) is 5.73. The highest BCUT2D eigenvalue weighted by Crippen LogP contribution is 2.27. The molecule has 0 bridgehead atoms. The van der Waals surface area contributed by atoms with Crippen LogP contribution >= 0.6 is 11.3 Å². The topological polar surface area (TPSA) is 63.0 Å². The van der Waals surface area contributed by atoms with E-state index in [-0.39, 0.29) is 5.41 Å². The molecule has 0 fully saturated rings. The lowest BCUT2D eigenvalue weighted by Crippen LogP contribution is -2.26. The third-order valence-corrected chi connectivity index (χ3v) is 3.90. The lowest BCUT2D eigenvalue weighted by atomic mass is 9.91. The van der Waals surface area contributed by atoms with Gasteiger partial charge in [0, 0.05) is 16.8 Å². The molecule has 0 atom stereocenters. The Morgan fingerprint density at radius 1 is 1.39 bits per heavy atom. The molecule has 0 amide bonds. The standard InChI is InChI=1S/C12H18N4OS/c1-12(2,9-5-4-6-18-9)8-14-11-16-15-10(17-11)7-13-3/h4-6,13H,7-8H2,1-3H3,(H,14,16). The Hall–Kier alpha value is -1.40. The average molecular weight is 266 g/mol. The normalized spacial score (nSPS) is 11.7. The molecule has 0 aromatic carbocycles. The fourth-order valence-corrected chi connectivity index (χ4v) is 2.45. The second kappa shape index (κ2) is 5.49. The first-order valence-corrected chi connectivity index (χ1v) is 6.74. The summed E-state index contributed by atoms with van der Waals surface area (Å²) in [6.07, 6.45) is 0. The van der Waals surface area contributed by atoms with Crippen molar-refractivity contribution in [2.24, 2.45) is 0 Å². The molecular formula is C12H18N4OS. The molecule has 2 aromatic heterocycles. The van der Waals surface area contributed by atoms with Gasteiger partial charge in [0.25, 0.3) is 0 Å². The van der Waals surface area contributed by atoms with E-state index in [0.717, 1.165) is 6.54 Å². The third kappa shape index (κ3) is 3.08. The van der Waals surface area contributed by atoms with Crippen LogP contribution in [0.4, 0.5) is 6.01 Å². The predicted molar refractivity (Wildman–Crippen MR) is 72.9 cm³/mol. The first-order chi connectivity index (χ1) is 8.62. The second-order valence-corrected chi connectivity index (χ2v) is 5.69. The third-order valence-electron chi connectivity index (χ3n) is 2.66. The van der Waals surface area contributed by atoms with Gasteiger partial charge in [0.15, 0.2) is 0 Å². The van der Waals surface area contributed by atoms with Crippen LogP contribution in [0.25, 0.3) is 0 Å². The van der Waals surface area contributed by atoms with Crippen LogP contribution in [-0.2, 0) is 12.0 Å². The summed E-state index contributed by atoms with van der Waals surface area (Å²) in [6, 6.07) is 4.69. The molecule has 2 N–H and O–H groups in total. The summed E-state index contributed by atoms with van der Waals surface area (Å²) >= 11 is 1.76. The van der Waals surface area contributed by atoms with Crippen LogP contribution in [0, 0.1) is 0 Å². The van der Waals surface area contributed by atoms with E-state index in [1.54, 1.807) is 11.3 Å². The maximum Gasteiger partial charge on any atom is 0.315 e. The molecule has 98 valence electrons. The average Bonchev–Trinajstić information content (AvgIpc) is 2.98. The largest absolute Gasteiger partial charge is 0.407 e. The van der Waals surface area contributed by atoms with E-state index in [1.807, 2.05) is 7.05 Å². The zero-order chi connectivity index (χ0) is 13.0. The fourth-order valence-electron chi connectivity index (χ4n) is 1.60. The highest BCUT2D eigenvalue weighted by molar-refractivity contribution is 7.10. The van der Waals surface area contributed by atoms with Crippen LogP contribution in [0.15, 0.2) is 21.9 Å². The molecule has 0 saturated heterocycles. The summed E-state index contributed by atoms with van der Waals surface area (Å²) < 4.78 is 5.44. The quantitative estimate of drug-likeness (QED) is 0.839. The molecule has 18 heavy (non-hydrogen) atoms. The van der Waals surface area contributed by atoms with Crippen molar-refractivity contribution in [1.82, 2.24) is 15.5 Å². The fraction of sp³-hybridized carbons (Fsp3) is 0.500. The van der Waals surface area contributed by atoms with Crippen LogP contribution in [0.5, 0.6) is 0 Å². The minimum Gasteiger partial charge on any atom is -0.407 e. The molecule has 2 rings (SSSR count). The number of nitrogens with one attached hydrogen (secondary N) is 2. The SMILES string of the molecule is CNCc1nnc(NCC(C)(C)c2cccs2)o1. The number of hydrogen-bond donors (Lipinski definition) is 2. The lowest BCUT2D eigenvalue weighted by molar-refractivity contribution is 0.480. The number of nitrogens with zero attached hydrogens (tertiary/aromatic N) is 2. The zero-order valence-corrected chi connectivity index (χ0v) is 11.7. The van der Waals surface area contributed by atoms with Gasteiger partial charge in [0.05, 0.1) is 6.54 Å². The van der Waals surface area contributed by atoms with Crippen molar-refractivity contribution in [1.29, 1.82) is 0 Å². The molecule has 0 aliphatic carbocycles. The van der Waals surface area contributed by atoms with Crippen molar-refractivity contribution in [3.05, 3.63) is 28.3 Å². The number of thiophene rings is 1.